The van der Waals surface area contributed by atoms with E-state index in [0.717, 1.165) is 19.3 Å². The van der Waals surface area contributed by atoms with Crippen LogP contribution in [0.1, 0.15) is 26.2 Å². The highest BCUT2D eigenvalue weighted by atomic mass is 28.4. The minimum atomic E-state index is -2.95. The van der Waals surface area contributed by atoms with Crippen LogP contribution in [-0.4, -0.2) is 35.5 Å². The molecular weight excluding hydrogens is 188 g/mol. The van der Waals surface area contributed by atoms with Crippen LogP contribution in [0.25, 0.3) is 0 Å². The van der Waals surface area contributed by atoms with Crippen molar-refractivity contribution < 1.29 is 18.1 Å². The minimum Gasteiger partial charge on any atom is -0.372 e. The molecule has 0 bridgehead atoms. The molecule has 0 aromatic rings. The van der Waals surface area contributed by atoms with Gasteiger partial charge in [0.1, 0.15) is 0 Å². The Labute approximate surface area is 80.5 Å². The highest BCUT2D eigenvalue weighted by Gasteiger charge is 2.39. The number of rotatable bonds is 8. The highest BCUT2D eigenvalue weighted by Crippen LogP contribution is 2.05. The average Bonchev–Trinajstić information content (AvgIpc) is 2.20. The van der Waals surface area contributed by atoms with E-state index in [1.807, 2.05) is 0 Å². The molecule has 5 heteroatoms. The zero-order valence-electron chi connectivity index (χ0n) is 8.54. The lowest BCUT2D eigenvalue weighted by molar-refractivity contribution is 0.115. The molecule has 0 aromatic heterocycles. The van der Waals surface area contributed by atoms with Crippen molar-refractivity contribution >= 4 is 14.7 Å². The molecule has 0 spiro atoms. The molecule has 0 heterocycles. The van der Waals surface area contributed by atoms with Crippen molar-refractivity contribution in [2.75, 3.05) is 20.8 Å². The summed E-state index contributed by atoms with van der Waals surface area (Å²) >= 11 is 0. The smallest absolute Gasteiger partial charge is 0.372 e. The van der Waals surface area contributed by atoms with E-state index < -0.39 is 8.80 Å². The van der Waals surface area contributed by atoms with Gasteiger partial charge in [-0.1, -0.05) is 19.8 Å². The average molecular weight is 206 g/mol. The Kier molecular flexibility index (Phi) is 7.07. The molecule has 0 N–H and O–H groups in total. The van der Waals surface area contributed by atoms with Crippen LogP contribution in [0.15, 0.2) is 0 Å². The van der Waals surface area contributed by atoms with Gasteiger partial charge in [-0.3, -0.25) is 0 Å². The third kappa shape index (κ3) is 4.52. The Hall–Kier alpha value is -0.233. The van der Waals surface area contributed by atoms with Gasteiger partial charge in [0.15, 0.2) is 5.91 Å². The molecule has 0 saturated carbocycles. The van der Waals surface area contributed by atoms with Gasteiger partial charge in [0.05, 0.1) is 0 Å². The normalized spacial score (nSPS) is 11.6. The number of hydrogen-bond donors (Lipinski definition) is 0. The molecule has 0 aromatic carbocycles. The minimum absolute atomic E-state index is 0.528. The van der Waals surface area contributed by atoms with Crippen LogP contribution >= 0.6 is 0 Å². The standard InChI is InChI=1S/C8H18O4Si/c1-4-5-6-7-12-13(8-9,10-2)11-3/h8H,4-7H2,1-3H3. The molecule has 0 aliphatic heterocycles. The van der Waals surface area contributed by atoms with Crippen molar-refractivity contribution in [3.8, 4) is 0 Å². The van der Waals surface area contributed by atoms with E-state index in [1.165, 1.54) is 14.2 Å². The molecule has 0 amide bonds. The lowest BCUT2D eigenvalue weighted by Crippen LogP contribution is -2.46. The number of hydrogen-bond acceptors (Lipinski definition) is 4. The van der Waals surface area contributed by atoms with E-state index in [4.69, 9.17) is 13.3 Å². The summed E-state index contributed by atoms with van der Waals surface area (Å²) < 4.78 is 15.2. The Morgan fingerprint density at radius 1 is 1.23 bits per heavy atom. The zero-order valence-corrected chi connectivity index (χ0v) is 9.54. The topological polar surface area (TPSA) is 44.8 Å². The van der Waals surface area contributed by atoms with E-state index in [-0.39, 0.29) is 0 Å². The van der Waals surface area contributed by atoms with Crippen molar-refractivity contribution in [3.63, 3.8) is 0 Å². The van der Waals surface area contributed by atoms with Crippen LogP contribution in [0.5, 0.6) is 0 Å². The van der Waals surface area contributed by atoms with Gasteiger partial charge >= 0.3 is 8.80 Å². The Bertz CT molecular complexity index is 136. The van der Waals surface area contributed by atoms with Gasteiger partial charge in [0.2, 0.25) is 0 Å². The second-order valence-electron chi connectivity index (χ2n) is 2.69. The molecule has 0 aliphatic carbocycles. The monoisotopic (exact) mass is 206 g/mol. The Balaban J connectivity index is 3.75. The van der Waals surface area contributed by atoms with E-state index in [1.54, 1.807) is 0 Å². The molecule has 0 fully saturated rings. The molecule has 0 atom stereocenters. The van der Waals surface area contributed by atoms with E-state index in [0.29, 0.717) is 12.5 Å². The summed E-state index contributed by atoms with van der Waals surface area (Å²) in [4.78, 5) is 10.6. The van der Waals surface area contributed by atoms with Gasteiger partial charge in [-0.05, 0) is 6.42 Å². The van der Waals surface area contributed by atoms with Crippen molar-refractivity contribution in [2.24, 2.45) is 0 Å². The van der Waals surface area contributed by atoms with Gasteiger partial charge in [-0.25, -0.2) is 0 Å². The summed E-state index contributed by atoms with van der Waals surface area (Å²) in [7, 11) is -0.0790. The maximum absolute atomic E-state index is 10.6. The molecule has 0 aliphatic rings. The van der Waals surface area contributed by atoms with Crippen LogP contribution in [-0.2, 0) is 18.1 Å². The summed E-state index contributed by atoms with van der Waals surface area (Å²) in [5.74, 6) is 0.652. The third-order valence-electron chi connectivity index (χ3n) is 1.76. The van der Waals surface area contributed by atoms with E-state index >= 15 is 0 Å². The molecule has 78 valence electrons. The van der Waals surface area contributed by atoms with Crippen LogP contribution in [0, 0.1) is 0 Å². The molecule has 0 rings (SSSR count). The van der Waals surface area contributed by atoms with Gasteiger partial charge in [-0.2, -0.15) is 0 Å². The quantitative estimate of drug-likeness (QED) is 0.340. The van der Waals surface area contributed by atoms with Crippen LogP contribution < -0.4 is 0 Å². The van der Waals surface area contributed by atoms with Crippen LogP contribution in [0.3, 0.4) is 0 Å². The number of carbonyl (C=O) groups is 1. The fourth-order valence-corrected chi connectivity index (χ4v) is 1.99. The van der Waals surface area contributed by atoms with Gasteiger partial charge < -0.3 is 18.1 Å². The largest absolute Gasteiger partial charge is 0.570 e. The van der Waals surface area contributed by atoms with Crippen LogP contribution in [0.2, 0.25) is 0 Å². The first kappa shape index (κ1) is 12.8. The van der Waals surface area contributed by atoms with E-state index in [9.17, 15) is 4.79 Å². The lowest BCUT2D eigenvalue weighted by atomic mass is 10.3. The van der Waals surface area contributed by atoms with Crippen molar-refractivity contribution in [1.29, 1.82) is 0 Å². The molecule has 0 saturated heterocycles. The van der Waals surface area contributed by atoms with Gasteiger partial charge in [0.25, 0.3) is 0 Å². The maximum Gasteiger partial charge on any atom is 0.570 e. The Morgan fingerprint density at radius 2 is 1.85 bits per heavy atom. The summed E-state index contributed by atoms with van der Waals surface area (Å²) in [5.41, 5.74) is 0. The predicted octanol–water partition coefficient (Wildman–Crippen LogP) is 1.20. The first-order valence-electron chi connectivity index (χ1n) is 4.45. The van der Waals surface area contributed by atoms with Gasteiger partial charge in [0, 0.05) is 20.8 Å². The first-order chi connectivity index (χ1) is 6.24. The molecule has 13 heavy (non-hydrogen) atoms. The van der Waals surface area contributed by atoms with Crippen LogP contribution in [0.4, 0.5) is 0 Å². The summed E-state index contributed by atoms with van der Waals surface area (Å²) in [5, 5.41) is 0. The maximum atomic E-state index is 10.6. The molecule has 4 nitrogen and oxygen atoms in total. The first-order valence-corrected chi connectivity index (χ1v) is 6.25. The van der Waals surface area contributed by atoms with Crippen molar-refractivity contribution in [3.05, 3.63) is 0 Å². The summed E-state index contributed by atoms with van der Waals surface area (Å²) in [6.07, 6.45) is 3.15. The molecule has 0 unspecified atom stereocenters. The predicted molar refractivity (Wildman–Crippen MR) is 52.0 cm³/mol. The summed E-state index contributed by atoms with van der Waals surface area (Å²) in [6, 6.07) is 0. The zero-order chi connectivity index (χ0) is 10.2. The second kappa shape index (κ2) is 7.20. The molecular formula is C8H18O4Si. The summed E-state index contributed by atoms with van der Waals surface area (Å²) in [6.45, 7) is 2.64. The third-order valence-corrected chi connectivity index (χ3v) is 3.80. The van der Waals surface area contributed by atoms with E-state index in [2.05, 4.69) is 6.92 Å². The van der Waals surface area contributed by atoms with Gasteiger partial charge in [-0.15, -0.1) is 0 Å². The number of carbonyl (C=O) groups excluding carboxylic acids is 1. The fourth-order valence-electron chi connectivity index (χ4n) is 0.898. The van der Waals surface area contributed by atoms with Crippen molar-refractivity contribution in [1.82, 2.24) is 0 Å². The number of unbranched alkanes of at least 4 members (excludes halogenated alkanes) is 2. The Morgan fingerprint density at radius 3 is 2.23 bits per heavy atom. The SMILES string of the molecule is CCCCCO[Si](C=O)(OC)OC. The fraction of sp³-hybridized carbons (Fsp3) is 0.875. The van der Waals surface area contributed by atoms with Crippen molar-refractivity contribution in [2.45, 2.75) is 26.2 Å². The molecule has 0 radical (unpaired) electrons. The highest BCUT2D eigenvalue weighted by molar-refractivity contribution is 6.86. The lowest BCUT2D eigenvalue weighted by Gasteiger charge is -2.19. The second-order valence-corrected chi connectivity index (χ2v) is 5.23.